The van der Waals surface area contributed by atoms with Crippen LogP contribution >= 0.6 is 15.9 Å². The molecule has 1 nitrogen and oxygen atoms in total. The highest BCUT2D eigenvalue weighted by Crippen LogP contribution is 2.07. The van der Waals surface area contributed by atoms with E-state index < -0.39 is 0 Å². The topological polar surface area (TPSA) is 20.2 Å². The third kappa shape index (κ3) is 4.72. The Bertz CT molecular complexity index is 238. The van der Waals surface area contributed by atoms with Gasteiger partial charge in [-0.1, -0.05) is 40.2 Å². The fraction of sp³-hybridized carbons (Fsp3) is 0.273. The minimum atomic E-state index is 0.230. The molecule has 0 aliphatic heterocycles. The van der Waals surface area contributed by atoms with E-state index in [1.54, 1.807) is 0 Å². The molecule has 0 saturated carbocycles. The number of alkyl halides is 1. The minimum Gasteiger partial charge on any atom is -0.396 e. The molecule has 0 radical (unpaired) electrons. The first-order chi connectivity index (χ1) is 6.36. The lowest BCUT2D eigenvalue weighted by molar-refractivity contribution is 0.299. The summed E-state index contributed by atoms with van der Waals surface area (Å²) in [5.74, 6) is 0. The SMILES string of the molecule is C#C.OCCc1ccc(CBr)cc1. The first kappa shape index (κ1) is 12.2. The van der Waals surface area contributed by atoms with Crippen molar-refractivity contribution in [3.8, 4) is 12.8 Å². The second-order valence-electron chi connectivity index (χ2n) is 2.42. The van der Waals surface area contributed by atoms with Gasteiger partial charge in [-0.05, 0) is 17.5 Å². The average molecular weight is 241 g/mol. The molecule has 0 unspecified atom stereocenters. The van der Waals surface area contributed by atoms with Crippen LogP contribution in [0.2, 0.25) is 0 Å². The third-order valence-corrected chi connectivity index (χ3v) is 2.23. The third-order valence-electron chi connectivity index (χ3n) is 1.58. The van der Waals surface area contributed by atoms with Crippen LogP contribution in [0.1, 0.15) is 11.1 Å². The van der Waals surface area contributed by atoms with Crippen molar-refractivity contribution in [2.45, 2.75) is 11.8 Å². The van der Waals surface area contributed by atoms with Gasteiger partial charge >= 0.3 is 0 Å². The van der Waals surface area contributed by atoms with E-state index in [9.17, 15) is 0 Å². The molecule has 0 aliphatic carbocycles. The summed E-state index contributed by atoms with van der Waals surface area (Å²) in [6.45, 7) is 0.230. The summed E-state index contributed by atoms with van der Waals surface area (Å²) in [6, 6.07) is 8.24. The number of benzene rings is 1. The highest BCUT2D eigenvalue weighted by atomic mass is 79.9. The Morgan fingerprint density at radius 1 is 1.08 bits per heavy atom. The van der Waals surface area contributed by atoms with Crippen molar-refractivity contribution in [1.29, 1.82) is 0 Å². The van der Waals surface area contributed by atoms with Gasteiger partial charge in [0.2, 0.25) is 0 Å². The molecule has 2 heteroatoms. The maximum Gasteiger partial charge on any atom is 0.0471 e. The van der Waals surface area contributed by atoms with E-state index in [1.165, 1.54) is 11.1 Å². The standard InChI is InChI=1S/C9H11BrO.C2H2/c10-7-9-3-1-8(2-4-9)5-6-11;1-2/h1-4,11H,5-7H2;1-2H. The van der Waals surface area contributed by atoms with Crippen LogP contribution in [-0.2, 0) is 11.8 Å². The van der Waals surface area contributed by atoms with Gasteiger partial charge in [0.1, 0.15) is 0 Å². The fourth-order valence-electron chi connectivity index (χ4n) is 0.924. The first-order valence-electron chi connectivity index (χ1n) is 3.95. The number of terminal acetylenes is 1. The van der Waals surface area contributed by atoms with E-state index in [4.69, 9.17) is 5.11 Å². The summed E-state index contributed by atoms with van der Waals surface area (Å²) in [6.07, 6.45) is 8.75. The van der Waals surface area contributed by atoms with Gasteiger partial charge in [-0.3, -0.25) is 0 Å². The largest absolute Gasteiger partial charge is 0.396 e. The van der Waals surface area contributed by atoms with E-state index in [2.05, 4.69) is 40.9 Å². The molecular formula is C11H13BrO. The number of aliphatic hydroxyl groups is 1. The van der Waals surface area contributed by atoms with E-state index in [1.807, 2.05) is 12.1 Å². The zero-order valence-corrected chi connectivity index (χ0v) is 9.00. The van der Waals surface area contributed by atoms with Gasteiger partial charge in [0.15, 0.2) is 0 Å². The van der Waals surface area contributed by atoms with Gasteiger partial charge in [0, 0.05) is 11.9 Å². The van der Waals surface area contributed by atoms with E-state index in [-0.39, 0.29) is 6.61 Å². The summed E-state index contributed by atoms with van der Waals surface area (Å²) in [5.41, 5.74) is 2.46. The lowest BCUT2D eigenvalue weighted by Crippen LogP contribution is -1.89. The molecule has 0 fully saturated rings. The number of hydrogen-bond donors (Lipinski definition) is 1. The molecule has 0 bridgehead atoms. The zero-order chi connectivity index (χ0) is 10.1. The predicted octanol–water partition coefficient (Wildman–Crippen LogP) is 2.37. The van der Waals surface area contributed by atoms with Gasteiger partial charge in [-0.15, -0.1) is 12.8 Å². The molecule has 70 valence electrons. The summed E-state index contributed by atoms with van der Waals surface area (Å²) >= 11 is 3.37. The average Bonchev–Trinajstić information content (AvgIpc) is 2.23. The van der Waals surface area contributed by atoms with Crippen molar-refractivity contribution in [3.63, 3.8) is 0 Å². The Labute approximate surface area is 87.9 Å². The van der Waals surface area contributed by atoms with Crippen molar-refractivity contribution in [2.24, 2.45) is 0 Å². The Morgan fingerprint density at radius 2 is 1.54 bits per heavy atom. The van der Waals surface area contributed by atoms with Crippen molar-refractivity contribution in [1.82, 2.24) is 0 Å². The van der Waals surface area contributed by atoms with Crippen molar-refractivity contribution < 1.29 is 5.11 Å². The smallest absolute Gasteiger partial charge is 0.0471 e. The normalized spacial score (nSPS) is 8.62. The van der Waals surface area contributed by atoms with Crippen LogP contribution in [0.3, 0.4) is 0 Å². The molecule has 0 aliphatic rings. The van der Waals surface area contributed by atoms with Gasteiger partial charge in [0.05, 0.1) is 0 Å². The Morgan fingerprint density at radius 3 is 1.92 bits per heavy atom. The van der Waals surface area contributed by atoms with Crippen LogP contribution in [-0.4, -0.2) is 11.7 Å². The molecule has 0 aromatic heterocycles. The van der Waals surface area contributed by atoms with E-state index >= 15 is 0 Å². The van der Waals surface area contributed by atoms with Crippen LogP contribution < -0.4 is 0 Å². The predicted molar refractivity (Wildman–Crippen MR) is 59.8 cm³/mol. The molecular weight excluding hydrogens is 228 g/mol. The molecule has 0 spiro atoms. The maximum atomic E-state index is 8.64. The van der Waals surface area contributed by atoms with Crippen LogP contribution in [0, 0.1) is 12.8 Å². The second kappa shape index (κ2) is 7.85. The maximum absolute atomic E-state index is 8.64. The van der Waals surface area contributed by atoms with Crippen LogP contribution in [0.25, 0.3) is 0 Å². The second-order valence-corrected chi connectivity index (χ2v) is 2.98. The zero-order valence-electron chi connectivity index (χ0n) is 7.41. The number of hydrogen-bond acceptors (Lipinski definition) is 1. The van der Waals surface area contributed by atoms with E-state index in [0.717, 1.165) is 11.8 Å². The number of aliphatic hydroxyl groups excluding tert-OH is 1. The lowest BCUT2D eigenvalue weighted by atomic mass is 10.1. The van der Waals surface area contributed by atoms with Gasteiger partial charge in [-0.2, -0.15) is 0 Å². The molecule has 0 saturated heterocycles. The summed E-state index contributed by atoms with van der Waals surface area (Å²) in [4.78, 5) is 0. The Hall–Kier alpha value is -0.780. The van der Waals surface area contributed by atoms with Crippen molar-refractivity contribution >= 4 is 15.9 Å². The highest BCUT2D eigenvalue weighted by Gasteiger charge is 1.91. The lowest BCUT2D eigenvalue weighted by Gasteiger charge is -1.98. The fourth-order valence-corrected chi connectivity index (χ4v) is 1.30. The molecule has 1 aromatic rings. The monoisotopic (exact) mass is 240 g/mol. The summed E-state index contributed by atoms with van der Waals surface area (Å²) < 4.78 is 0. The Balaban J connectivity index is 0.000000671. The van der Waals surface area contributed by atoms with Crippen molar-refractivity contribution in [3.05, 3.63) is 35.4 Å². The van der Waals surface area contributed by atoms with Gasteiger partial charge < -0.3 is 5.11 Å². The number of halogens is 1. The van der Waals surface area contributed by atoms with Crippen LogP contribution in [0.4, 0.5) is 0 Å². The van der Waals surface area contributed by atoms with Crippen LogP contribution in [0.15, 0.2) is 24.3 Å². The first-order valence-corrected chi connectivity index (χ1v) is 5.07. The quantitative estimate of drug-likeness (QED) is 0.636. The molecule has 1 N–H and O–H groups in total. The van der Waals surface area contributed by atoms with E-state index in [0.29, 0.717) is 0 Å². The molecule has 0 atom stereocenters. The molecule has 1 aromatic carbocycles. The van der Waals surface area contributed by atoms with Crippen LogP contribution in [0.5, 0.6) is 0 Å². The summed E-state index contributed by atoms with van der Waals surface area (Å²) in [5, 5.41) is 9.53. The molecule has 0 heterocycles. The van der Waals surface area contributed by atoms with Gasteiger partial charge in [0.25, 0.3) is 0 Å². The molecule has 13 heavy (non-hydrogen) atoms. The van der Waals surface area contributed by atoms with Gasteiger partial charge in [-0.25, -0.2) is 0 Å². The van der Waals surface area contributed by atoms with Crippen molar-refractivity contribution in [2.75, 3.05) is 6.61 Å². The Kier molecular flexibility index (Phi) is 7.38. The minimum absolute atomic E-state index is 0.230. The molecule has 0 amide bonds. The highest BCUT2D eigenvalue weighted by molar-refractivity contribution is 9.08. The molecule has 1 rings (SSSR count). The number of rotatable bonds is 3. The summed E-state index contributed by atoms with van der Waals surface area (Å²) in [7, 11) is 0.